The van der Waals surface area contributed by atoms with Crippen molar-refractivity contribution in [3.63, 3.8) is 0 Å². The number of hydrogen-bond donors (Lipinski definition) is 3. The molecule has 1 aromatic rings. The van der Waals surface area contributed by atoms with E-state index in [0.717, 1.165) is 44.1 Å². The molecule has 226 valence electrons. The number of fused-ring (bicyclic) bond motifs is 5. The van der Waals surface area contributed by atoms with Gasteiger partial charge in [-0.05, 0) is 96.8 Å². The van der Waals surface area contributed by atoms with Crippen LogP contribution >= 0.6 is 0 Å². The molecule has 4 rings (SSSR count). The summed E-state index contributed by atoms with van der Waals surface area (Å²) in [5.41, 5.74) is 1.76. The Labute approximate surface area is 230 Å². The van der Waals surface area contributed by atoms with Gasteiger partial charge in [0.15, 0.2) is 0 Å². The average molecular weight is 581 g/mol. The van der Waals surface area contributed by atoms with E-state index in [1.54, 1.807) is 12.1 Å². The van der Waals surface area contributed by atoms with Crippen LogP contribution in [0.4, 0.5) is 30.7 Å². The van der Waals surface area contributed by atoms with Gasteiger partial charge in [-0.1, -0.05) is 44.7 Å². The monoisotopic (exact) mass is 580 g/mol. The SMILES string of the molecule is C=CC12CCc3cc(O)ccc3[C@H]1[C@@H](CCCCCC[C@@H](O)C(F)(F)C(F)(F)C(F)(F)F)C[C@]1(C)[C@@H](O)CC[C@@H]21. The van der Waals surface area contributed by atoms with Crippen molar-refractivity contribution in [3.8, 4) is 5.75 Å². The predicted octanol–water partition coefficient (Wildman–Crippen LogP) is 7.93. The minimum absolute atomic E-state index is 0.115. The van der Waals surface area contributed by atoms with E-state index >= 15 is 0 Å². The first-order valence-electron chi connectivity index (χ1n) is 14.2. The Balaban J connectivity index is 1.43. The van der Waals surface area contributed by atoms with E-state index in [-0.39, 0.29) is 40.8 Å². The molecule has 1 unspecified atom stereocenters. The number of alkyl halides is 7. The Kier molecular flexibility index (Phi) is 8.40. The lowest BCUT2D eigenvalue weighted by atomic mass is 9.44. The number of aryl methyl sites for hydroxylation is 1. The van der Waals surface area contributed by atoms with Crippen molar-refractivity contribution in [2.75, 3.05) is 0 Å². The summed E-state index contributed by atoms with van der Waals surface area (Å²) >= 11 is 0. The van der Waals surface area contributed by atoms with Crippen molar-refractivity contribution >= 4 is 0 Å². The summed E-state index contributed by atoms with van der Waals surface area (Å²) < 4.78 is 91.0. The Morgan fingerprint density at radius 2 is 1.73 bits per heavy atom. The van der Waals surface area contributed by atoms with Crippen molar-refractivity contribution in [3.05, 3.63) is 42.0 Å². The van der Waals surface area contributed by atoms with Crippen molar-refractivity contribution in [2.24, 2.45) is 22.7 Å². The second kappa shape index (κ2) is 10.8. The summed E-state index contributed by atoms with van der Waals surface area (Å²) in [7, 11) is 0. The number of hydrogen-bond acceptors (Lipinski definition) is 3. The third kappa shape index (κ3) is 4.95. The van der Waals surface area contributed by atoms with Gasteiger partial charge < -0.3 is 15.3 Å². The number of phenols is 1. The van der Waals surface area contributed by atoms with E-state index in [1.807, 2.05) is 6.07 Å². The fraction of sp³-hybridized carbons (Fsp3) is 0.733. The van der Waals surface area contributed by atoms with E-state index in [9.17, 15) is 46.1 Å². The van der Waals surface area contributed by atoms with E-state index in [1.165, 1.54) is 5.56 Å². The molecule has 0 saturated heterocycles. The summed E-state index contributed by atoms with van der Waals surface area (Å²) in [5.74, 6) is -11.2. The van der Waals surface area contributed by atoms with E-state index in [4.69, 9.17) is 0 Å². The molecule has 1 aromatic carbocycles. The Bertz CT molecular complexity index is 1070. The molecular weight excluding hydrogens is 541 g/mol. The summed E-state index contributed by atoms with van der Waals surface area (Å²) in [5, 5.41) is 30.6. The Morgan fingerprint density at radius 1 is 1.05 bits per heavy atom. The van der Waals surface area contributed by atoms with Gasteiger partial charge >= 0.3 is 18.0 Å². The van der Waals surface area contributed by atoms with Gasteiger partial charge in [-0.3, -0.25) is 0 Å². The van der Waals surface area contributed by atoms with E-state index in [0.29, 0.717) is 19.3 Å². The lowest BCUT2D eigenvalue weighted by Crippen LogP contribution is -2.57. The van der Waals surface area contributed by atoms with Crippen LogP contribution in [0.5, 0.6) is 5.75 Å². The van der Waals surface area contributed by atoms with Crippen molar-refractivity contribution in [1.29, 1.82) is 0 Å². The summed E-state index contributed by atoms with van der Waals surface area (Å²) in [6, 6.07) is 5.47. The molecule has 0 aliphatic heterocycles. The number of unbranched alkanes of at least 4 members (excludes halogenated alkanes) is 3. The van der Waals surface area contributed by atoms with Gasteiger partial charge in [0.1, 0.15) is 11.9 Å². The van der Waals surface area contributed by atoms with Crippen LogP contribution in [0.15, 0.2) is 30.9 Å². The third-order valence-corrected chi connectivity index (χ3v) is 10.4. The molecule has 3 nitrogen and oxygen atoms in total. The second-order valence-corrected chi connectivity index (χ2v) is 12.5. The lowest BCUT2D eigenvalue weighted by Gasteiger charge is -2.60. The summed E-state index contributed by atoms with van der Waals surface area (Å²) in [4.78, 5) is 0. The first-order valence-corrected chi connectivity index (χ1v) is 14.2. The molecule has 0 heterocycles. The van der Waals surface area contributed by atoms with Crippen LogP contribution in [0, 0.1) is 22.7 Å². The van der Waals surface area contributed by atoms with Gasteiger partial charge in [-0.25, -0.2) is 0 Å². The quantitative estimate of drug-likeness (QED) is 0.150. The molecule has 2 fully saturated rings. The van der Waals surface area contributed by atoms with Gasteiger partial charge in [-0.2, -0.15) is 30.7 Å². The first kappa shape index (κ1) is 31.1. The Morgan fingerprint density at radius 3 is 2.38 bits per heavy atom. The minimum atomic E-state index is -6.46. The van der Waals surface area contributed by atoms with Crippen LogP contribution < -0.4 is 0 Å². The molecule has 0 amide bonds. The van der Waals surface area contributed by atoms with Gasteiger partial charge in [0.05, 0.1) is 6.10 Å². The normalized spacial score (nSPS) is 33.1. The maximum Gasteiger partial charge on any atom is 0.459 e. The highest BCUT2D eigenvalue weighted by atomic mass is 19.4. The van der Waals surface area contributed by atoms with Gasteiger partial charge in [0.25, 0.3) is 0 Å². The number of rotatable bonds is 10. The second-order valence-electron chi connectivity index (χ2n) is 12.5. The maximum atomic E-state index is 13.7. The standard InChI is InChI=1S/C30H39F7O3/c1-3-27-15-14-18-16-20(38)10-11-21(18)25(27)19(17-26(2)22(27)12-13-23(26)39)8-6-4-5-7-9-24(40)28(31,32)29(33,34)30(35,36)37/h3,10-11,16,19,22-25,38-40H,1,4-9,12-15,17H2,2H3/t19-,22+,23-,24+,25+,26-,27?/m0/s1. The summed E-state index contributed by atoms with van der Waals surface area (Å²) in [6.45, 7) is 6.40. The zero-order valence-electron chi connectivity index (χ0n) is 22.7. The number of benzene rings is 1. The Hall–Kier alpha value is -1.81. The first-order chi connectivity index (χ1) is 18.5. The molecule has 0 radical (unpaired) electrons. The molecule has 2 saturated carbocycles. The van der Waals surface area contributed by atoms with Crippen LogP contribution in [-0.2, 0) is 6.42 Å². The highest BCUT2D eigenvalue weighted by Crippen LogP contribution is 2.69. The highest BCUT2D eigenvalue weighted by Gasteiger charge is 2.75. The smallest absolute Gasteiger partial charge is 0.459 e. The largest absolute Gasteiger partial charge is 0.508 e. The van der Waals surface area contributed by atoms with Gasteiger partial charge in [0, 0.05) is 0 Å². The van der Waals surface area contributed by atoms with Crippen molar-refractivity contribution in [1.82, 2.24) is 0 Å². The van der Waals surface area contributed by atoms with Gasteiger partial charge in [-0.15, -0.1) is 6.58 Å². The number of aliphatic hydroxyl groups is 2. The topological polar surface area (TPSA) is 60.7 Å². The predicted molar refractivity (Wildman–Crippen MR) is 136 cm³/mol. The number of halogens is 7. The van der Waals surface area contributed by atoms with Crippen molar-refractivity contribution in [2.45, 2.75) is 114 Å². The number of phenolic OH excluding ortho intramolecular Hbond substituents is 1. The van der Waals surface area contributed by atoms with Crippen LogP contribution in [-0.4, -0.2) is 45.5 Å². The molecule has 0 bridgehead atoms. The van der Waals surface area contributed by atoms with E-state index in [2.05, 4.69) is 19.6 Å². The molecule has 0 aromatic heterocycles. The molecule has 0 spiro atoms. The lowest BCUT2D eigenvalue weighted by molar-refractivity contribution is -0.371. The fourth-order valence-corrected chi connectivity index (χ4v) is 8.37. The zero-order valence-corrected chi connectivity index (χ0v) is 22.7. The average Bonchev–Trinajstić information content (AvgIpc) is 3.18. The van der Waals surface area contributed by atoms with E-state index < -0.39 is 36.7 Å². The summed E-state index contributed by atoms with van der Waals surface area (Å²) in [6.07, 6.45) is -2.61. The van der Waals surface area contributed by atoms with Crippen LogP contribution in [0.1, 0.15) is 88.2 Å². The van der Waals surface area contributed by atoms with Gasteiger partial charge in [0.2, 0.25) is 0 Å². The minimum Gasteiger partial charge on any atom is -0.508 e. The third-order valence-electron chi connectivity index (χ3n) is 10.4. The number of allylic oxidation sites excluding steroid dienone is 1. The van der Waals surface area contributed by atoms with Crippen LogP contribution in [0.25, 0.3) is 0 Å². The number of aliphatic hydroxyl groups excluding tert-OH is 2. The maximum absolute atomic E-state index is 13.7. The molecule has 10 heteroatoms. The molecular formula is C30H39F7O3. The van der Waals surface area contributed by atoms with Crippen molar-refractivity contribution < 1.29 is 46.1 Å². The van der Waals surface area contributed by atoms with Crippen LogP contribution in [0.2, 0.25) is 0 Å². The molecule has 3 aliphatic rings. The van der Waals surface area contributed by atoms with Crippen LogP contribution in [0.3, 0.4) is 0 Å². The molecule has 7 atom stereocenters. The molecule has 3 aliphatic carbocycles. The highest BCUT2D eigenvalue weighted by molar-refractivity contribution is 5.43. The molecule has 3 N–H and O–H groups in total. The number of aromatic hydroxyl groups is 1. The fourth-order valence-electron chi connectivity index (χ4n) is 8.37. The molecule has 40 heavy (non-hydrogen) atoms. The zero-order chi connectivity index (χ0) is 29.7.